The molecule has 0 radical (unpaired) electrons. The van der Waals surface area contributed by atoms with Crippen molar-refractivity contribution in [3.05, 3.63) is 29.8 Å². The van der Waals surface area contributed by atoms with Crippen molar-refractivity contribution >= 4 is 11.8 Å². The molecule has 3 heteroatoms. The van der Waals surface area contributed by atoms with Gasteiger partial charge in [0.1, 0.15) is 5.75 Å². The third-order valence-corrected chi connectivity index (χ3v) is 2.15. The number of esters is 1. The fourth-order valence-corrected chi connectivity index (χ4v) is 1.38. The molecular weight excluding hydrogens is 216 g/mol. The van der Waals surface area contributed by atoms with Gasteiger partial charge in [-0.15, -0.1) is 0 Å². The summed E-state index contributed by atoms with van der Waals surface area (Å²) in [6, 6.07) is 6.66. The van der Waals surface area contributed by atoms with Crippen LogP contribution in [0.5, 0.6) is 5.75 Å². The van der Waals surface area contributed by atoms with Crippen LogP contribution in [0.2, 0.25) is 0 Å². The molecule has 0 spiro atoms. The maximum absolute atomic E-state index is 11.6. The van der Waals surface area contributed by atoms with Crippen molar-refractivity contribution < 1.29 is 14.3 Å². The number of carbonyl (C=O) groups is 2. The van der Waals surface area contributed by atoms with E-state index in [0.29, 0.717) is 17.7 Å². The minimum absolute atomic E-state index is 0.0429. The van der Waals surface area contributed by atoms with Crippen LogP contribution in [0.3, 0.4) is 0 Å². The molecule has 0 N–H and O–H groups in total. The Labute approximate surface area is 102 Å². The summed E-state index contributed by atoms with van der Waals surface area (Å²) in [4.78, 5) is 22.8. The molecular formula is C14H18O3. The average Bonchev–Trinajstić information content (AvgIpc) is 2.14. The van der Waals surface area contributed by atoms with Crippen LogP contribution in [-0.2, 0) is 4.79 Å². The Hall–Kier alpha value is -1.64. The highest BCUT2D eigenvalue weighted by molar-refractivity contribution is 5.94. The molecule has 0 unspecified atom stereocenters. The highest BCUT2D eigenvalue weighted by atomic mass is 16.5. The molecule has 0 aliphatic carbocycles. The van der Waals surface area contributed by atoms with Crippen LogP contribution in [0.1, 0.15) is 44.5 Å². The molecule has 0 amide bonds. The van der Waals surface area contributed by atoms with Gasteiger partial charge in [-0.1, -0.05) is 32.9 Å². The summed E-state index contributed by atoms with van der Waals surface area (Å²) in [6.45, 7) is 7.40. The second-order valence-corrected chi connectivity index (χ2v) is 5.30. The number of hydrogen-bond acceptors (Lipinski definition) is 3. The van der Waals surface area contributed by atoms with Gasteiger partial charge in [0.25, 0.3) is 0 Å². The molecule has 1 rings (SSSR count). The highest BCUT2D eigenvalue weighted by Crippen LogP contribution is 2.21. The molecule has 3 nitrogen and oxygen atoms in total. The van der Waals surface area contributed by atoms with Crippen LogP contribution in [-0.4, -0.2) is 11.8 Å². The minimum Gasteiger partial charge on any atom is -0.426 e. The summed E-state index contributed by atoms with van der Waals surface area (Å²) in [7, 11) is 0. The smallest absolute Gasteiger partial charge is 0.311 e. The van der Waals surface area contributed by atoms with E-state index in [0.717, 1.165) is 0 Å². The van der Waals surface area contributed by atoms with Crippen molar-refractivity contribution in [3.63, 3.8) is 0 Å². The van der Waals surface area contributed by atoms with Crippen LogP contribution in [0.15, 0.2) is 24.3 Å². The van der Waals surface area contributed by atoms with Gasteiger partial charge in [-0.25, -0.2) is 0 Å². The zero-order chi connectivity index (χ0) is 13.1. The molecule has 17 heavy (non-hydrogen) atoms. The fraction of sp³-hybridized carbons (Fsp3) is 0.429. The largest absolute Gasteiger partial charge is 0.426 e. The van der Waals surface area contributed by atoms with Gasteiger partial charge in [-0.2, -0.15) is 0 Å². The van der Waals surface area contributed by atoms with Crippen LogP contribution in [0, 0.1) is 5.41 Å². The molecule has 0 bridgehead atoms. The molecule has 0 heterocycles. The summed E-state index contributed by atoms with van der Waals surface area (Å²) in [5.41, 5.74) is 0.445. The maximum Gasteiger partial charge on any atom is 0.311 e. The minimum atomic E-state index is -0.279. The second-order valence-electron chi connectivity index (χ2n) is 5.30. The average molecular weight is 234 g/mol. The van der Waals surface area contributed by atoms with Crippen molar-refractivity contribution in [2.75, 3.05) is 0 Å². The highest BCUT2D eigenvalue weighted by Gasteiger charge is 2.17. The van der Waals surface area contributed by atoms with Gasteiger partial charge in [0.2, 0.25) is 0 Å². The van der Waals surface area contributed by atoms with E-state index >= 15 is 0 Å². The van der Waals surface area contributed by atoms with Gasteiger partial charge >= 0.3 is 5.97 Å². The molecule has 0 aromatic heterocycles. The summed E-state index contributed by atoms with van der Waals surface area (Å²) in [6.07, 6.45) is 0.345. The molecule has 0 fully saturated rings. The standard InChI is InChI=1S/C14H18O3/c1-10(15)11-6-5-7-12(8-11)17-13(16)9-14(2,3)4/h5-8H,9H2,1-4H3. The Morgan fingerprint density at radius 1 is 1.24 bits per heavy atom. The molecule has 0 aliphatic rings. The predicted molar refractivity (Wildman–Crippen MR) is 66.2 cm³/mol. The number of hydrogen-bond donors (Lipinski definition) is 0. The third-order valence-electron chi connectivity index (χ3n) is 2.15. The quantitative estimate of drug-likeness (QED) is 0.458. The van der Waals surface area contributed by atoms with Crippen molar-refractivity contribution in [1.82, 2.24) is 0 Å². The molecule has 1 aromatic rings. The van der Waals surface area contributed by atoms with Gasteiger partial charge in [0.15, 0.2) is 5.78 Å². The van der Waals surface area contributed by atoms with E-state index in [4.69, 9.17) is 4.74 Å². The molecule has 0 saturated heterocycles. The molecule has 1 aromatic carbocycles. The SMILES string of the molecule is CC(=O)c1cccc(OC(=O)CC(C)(C)C)c1. The molecule has 0 aliphatic heterocycles. The van der Waals surface area contributed by atoms with Crippen molar-refractivity contribution in [1.29, 1.82) is 0 Å². The molecule has 0 atom stereocenters. The van der Waals surface area contributed by atoms with Crippen molar-refractivity contribution in [2.24, 2.45) is 5.41 Å². The van der Waals surface area contributed by atoms with E-state index in [2.05, 4.69) is 0 Å². The monoisotopic (exact) mass is 234 g/mol. The van der Waals surface area contributed by atoms with Gasteiger partial charge in [0, 0.05) is 5.56 Å². The Bertz CT molecular complexity index is 427. The molecule has 0 saturated carbocycles. The Morgan fingerprint density at radius 3 is 2.41 bits per heavy atom. The normalized spacial score (nSPS) is 11.1. The number of ether oxygens (including phenoxy) is 1. The number of carbonyl (C=O) groups excluding carboxylic acids is 2. The Kier molecular flexibility index (Phi) is 4.05. The Balaban J connectivity index is 2.72. The number of Topliss-reactive ketones (excluding diaryl/α,β-unsaturated/α-hetero) is 1. The lowest BCUT2D eigenvalue weighted by Gasteiger charge is -2.16. The first-order valence-corrected chi connectivity index (χ1v) is 5.59. The van der Waals surface area contributed by atoms with Gasteiger partial charge < -0.3 is 4.74 Å². The summed E-state index contributed by atoms with van der Waals surface area (Å²) in [5, 5.41) is 0. The zero-order valence-corrected chi connectivity index (χ0v) is 10.7. The van der Waals surface area contributed by atoms with Crippen LogP contribution in [0.25, 0.3) is 0 Å². The predicted octanol–water partition coefficient (Wildman–Crippen LogP) is 3.23. The van der Waals surface area contributed by atoms with Crippen LogP contribution < -0.4 is 4.74 Å². The van der Waals surface area contributed by atoms with Gasteiger partial charge in [0.05, 0.1) is 6.42 Å². The van der Waals surface area contributed by atoms with Gasteiger partial charge in [-0.3, -0.25) is 9.59 Å². The van der Waals surface area contributed by atoms with E-state index in [1.54, 1.807) is 24.3 Å². The van der Waals surface area contributed by atoms with Crippen molar-refractivity contribution in [3.8, 4) is 5.75 Å². The van der Waals surface area contributed by atoms with Crippen LogP contribution in [0.4, 0.5) is 0 Å². The van der Waals surface area contributed by atoms with E-state index in [1.165, 1.54) is 6.92 Å². The lowest BCUT2D eigenvalue weighted by Crippen LogP contribution is -2.17. The number of rotatable bonds is 3. The lowest BCUT2D eigenvalue weighted by molar-refractivity contribution is -0.136. The van der Waals surface area contributed by atoms with E-state index in [-0.39, 0.29) is 17.2 Å². The summed E-state index contributed by atoms with van der Waals surface area (Å²) < 4.78 is 5.19. The first kappa shape index (κ1) is 13.4. The first-order valence-electron chi connectivity index (χ1n) is 5.59. The molecule has 92 valence electrons. The van der Waals surface area contributed by atoms with Crippen molar-refractivity contribution in [2.45, 2.75) is 34.1 Å². The maximum atomic E-state index is 11.6. The topological polar surface area (TPSA) is 43.4 Å². The number of ketones is 1. The second kappa shape index (κ2) is 5.13. The summed E-state index contributed by atoms with van der Waals surface area (Å²) >= 11 is 0. The fourth-order valence-electron chi connectivity index (χ4n) is 1.38. The lowest BCUT2D eigenvalue weighted by atomic mass is 9.92. The van der Waals surface area contributed by atoms with Crippen LogP contribution >= 0.6 is 0 Å². The Morgan fingerprint density at radius 2 is 1.88 bits per heavy atom. The number of benzene rings is 1. The third kappa shape index (κ3) is 4.81. The zero-order valence-electron chi connectivity index (χ0n) is 10.7. The van der Waals surface area contributed by atoms with E-state index in [9.17, 15) is 9.59 Å². The first-order chi connectivity index (χ1) is 7.78. The summed E-state index contributed by atoms with van der Waals surface area (Å²) in [5.74, 6) is 0.101. The van der Waals surface area contributed by atoms with E-state index < -0.39 is 0 Å². The van der Waals surface area contributed by atoms with E-state index in [1.807, 2.05) is 20.8 Å². The van der Waals surface area contributed by atoms with Gasteiger partial charge in [-0.05, 0) is 24.5 Å².